The van der Waals surface area contributed by atoms with Crippen molar-refractivity contribution in [2.75, 3.05) is 39.5 Å². The molecule has 0 aromatic heterocycles. The van der Waals surface area contributed by atoms with Crippen LogP contribution in [0.2, 0.25) is 0 Å². The molecule has 132 valence electrons. The lowest BCUT2D eigenvalue weighted by atomic mass is 10.1. The summed E-state index contributed by atoms with van der Waals surface area (Å²) in [4.78, 5) is 16.6. The molecule has 1 saturated heterocycles. The van der Waals surface area contributed by atoms with E-state index in [-0.39, 0.29) is 5.91 Å². The normalized spacial score (nSPS) is 17.5. The molecule has 0 atom stereocenters. The summed E-state index contributed by atoms with van der Waals surface area (Å²) < 4.78 is 10.8. The third kappa shape index (κ3) is 4.39. The first-order chi connectivity index (χ1) is 11.6. The molecule has 2 aliphatic heterocycles. The summed E-state index contributed by atoms with van der Waals surface area (Å²) in [6, 6.07) is 6.54. The molecule has 0 unspecified atom stereocenters. The van der Waals surface area contributed by atoms with Crippen molar-refractivity contribution in [3.8, 4) is 11.5 Å². The fraction of sp³-hybridized carbons (Fsp3) is 0.611. The molecule has 1 fully saturated rings. The Bertz CT molecular complexity index is 569. The van der Waals surface area contributed by atoms with Gasteiger partial charge < -0.3 is 19.7 Å². The second-order valence-corrected chi connectivity index (χ2v) is 6.70. The smallest absolute Gasteiger partial charge is 0.231 e. The standard InChI is InChI=1S/C18H27N3O3/c1-14(2)19-6-5-18(22)21-9-7-20(8-10-21)12-15-3-4-16-17(11-15)24-13-23-16/h3-4,11,14,19H,5-10,12-13H2,1-2H3. The monoisotopic (exact) mass is 333 g/mol. The number of ether oxygens (including phenoxy) is 2. The SMILES string of the molecule is CC(C)NCCC(=O)N1CCN(Cc2ccc3c(c2)OCO3)CC1. The van der Waals surface area contributed by atoms with Crippen LogP contribution in [-0.2, 0) is 11.3 Å². The van der Waals surface area contributed by atoms with Gasteiger partial charge in [-0.15, -0.1) is 0 Å². The molecule has 1 aromatic rings. The van der Waals surface area contributed by atoms with E-state index in [0.717, 1.165) is 50.8 Å². The highest BCUT2D eigenvalue weighted by Gasteiger charge is 2.21. The topological polar surface area (TPSA) is 54.0 Å². The predicted molar refractivity (Wildman–Crippen MR) is 92.2 cm³/mol. The van der Waals surface area contributed by atoms with Gasteiger partial charge in [0.05, 0.1) is 0 Å². The molecular formula is C18H27N3O3. The first-order valence-corrected chi connectivity index (χ1v) is 8.74. The van der Waals surface area contributed by atoms with Crippen LogP contribution in [0.1, 0.15) is 25.8 Å². The van der Waals surface area contributed by atoms with E-state index in [0.29, 0.717) is 19.3 Å². The van der Waals surface area contributed by atoms with Crippen molar-refractivity contribution in [3.05, 3.63) is 23.8 Å². The van der Waals surface area contributed by atoms with Gasteiger partial charge in [0.15, 0.2) is 11.5 Å². The predicted octanol–water partition coefficient (Wildman–Crippen LogP) is 1.45. The Morgan fingerprint density at radius 3 is 2.67 bits per heavy atom. The minimum absolute atomic E-state index is 0.255. The number of benzene rings is 1. The van der Waals surface area contributed by atoms with E-state index in [1.54, 1.807) is 0 Å². The van der Waals surface area contributed by atoms with Crippen molar-refractivity contribution in [3.63, 3.8) is 0 Å². The van der Waals surface area contributed by atoms with Gasteiger partial charge in [-0.1, -0.05) is 19.9 Å². The first-order valence-electron chi connectivity index (χ1n) is 8.74. The lowest BCUT2D eigenvalue weighted by molar-refractivity contribution is -0.132. The van der Waals surface area contributed by atoms with Crippen LogP contribution < -0.4 is 14.8 Å². The lowest BCUT2D eigenvalue weighted by Gasteiger charge is -2.35. The summed E-state index contributed by atoms with van der Waals surface area (Å²) in [5.41, 5.74) is 1.22. The molecule has 6 heteroatoms. The van der Waals surface area contributed by atoms with Gasteiger partial charge in [-0.05, 0) is 17.7 Å². The van der Waals surface area contributed by atoms with Gasteiger partial charge in [0.2, 0.25) is 12.7 Å². The molecular weight excluding hydrogens is 306 g/mol. The molecule has 2 aliphatic rings. The number of hydrogen-bond donors (Lipinski definition) is 1. The van der Waals surface area contributed by atoms with Gasteiger partial charge >= 0.3 is 0 Å². The third-order valence-electron chi connectivity index (χ3n) is 4.46. The van der Waals surface area contributed by atoms with E-state index >= 15 is 0 Å². The van der Waals surface area contributed by atoms with Crippen LogP contribution in [0, 0.1) is 0 Å². The van der Waals surface area contributed by atoms with Crippen LogP contribution in [0.25, 0.3) is 0 Å². The van der Waals surface area contributed by atoms with Crippen LogP contribution in [0.4, 0.5) is 0 Å². The van der Waals surface area contributed by atoms with Gasteiger partial charge in [0.1, 0.15) is 0 Å². The quantitative estimate of drug-likeness (QED) is 0.854. The largest absolute Gasteiger partial charge is 0.454 e. The zero-order valence-corrected chi connectivity index (χ0v) is 14.6. The Morgan fingerprint density at radius 1 is 1.17 bits per heavy atom. The molecule has 0 bridgehead atoms. The highest BCUT2D eigenvalue weighted by Crippen LogP contribution is 2.32. The minimum atomic E-state index is 0.255. The van der Waals surface area contributed by atoms with E-state index in [9.17, 15) is 4.79 Å². The number of nitrogens with one attached hydrogen (secondary N) is 1. The van der Waals surface area contributed by atoms with Gasteiger partial charge in [0.25, 0.3) is 0 Å². The van der Waals surface area contributed by atoms with E-state index in [4.69, 9.17) is 9.47 Å². The maximum Gasteiger partial charge on any atom is 0.231 e. The maximum absolute atomic E-state index is 12.2. The molecule has 2 heterocycles. The van der Waals surface area contributed by atoms with Crippen molar-refractivity contribution < 1.29 is 14.3 Å². The number of fused-ring (bicyclic) bond motifs is 1. The molecule has 1 amide bonds. The minimum Gasteiger partial charge on any atom is -0.454 e. The second-order valence-electron chi connectivity index (χ2n) is 6.70. The van der Waals surface area contributed by atoms with E-state index < -0.39 is 0 Å². The second kappa shape index (κ2) is 7.85. The van der Waals surface area contributed by atoms with Gasteiger partial charge in [-0.2, -0.15) is 0 Å². The van der Waals surface area contributed by atoms with E-state index in [1.165, 1.54) is 5.56 Å². The molecule has 0 radical (unpaired) electrons. The van der Waals surface area contributed by atoms with Gasteiger partial charge in [-0.25, -0.2) is 0 Å². The van der Waals surface area contributed by atoms with Crippen molar-refractivity contribution >= 4 is 5.91 Å². The third-order valence-corrected chi connectivity index (χ3v) is 4.46. The van der Waals surface area contributed by atoms with Crippen LogP contribution in [-0.4, -0.2) is 61.3 Å². The zero-order chi connectivity index (χ0) is 16.9. The van der Waals surface area contributed by atoms with Gasteiger partial charge in [-0.3, -0.25) is 9.69 Å². The number of carbonyl (C=O) groups is 1. The Kier molecular flexibility index (Phi) is 5.58. The highest BCUT2D eigenvalue weighted by molar-refractivity contribution is 5.76. The maximum atomic E-state index is 12.2. The fourth-order valence-electron chi connectivity index (χ4n) is 3.08. The summed E-state index contributed by atoms with van der Waals surface area (Å²) in [5.74, 6) is 1.91. The van der Waals surface area contributed by atoms with Crippen molar-refractivity contribution in [1.82, 2.24) is 15.1 Å². The zero-order valence-electron chi connectivity index (χ0n) is 14.6. The molecule has 0 saturated carbocycles. The fourth-order valence-corrected chi connectivity index (χ4v) is 3.08. The molecule has 6 nitrogen and oxygen atoms in total. The molecule has 1 aromatic carbocycles. The number of nitrogens with zero attached hydrogens (tertiary/aromatic N) is 2. The van der Waals surface area contributed by atoms with Crippen LogP contribution in [0.5, 0.6) is 11.5 Å². The number of rotatable bonds is 6. The average Bonchev–Trinajstić information content (AvgIpc) is 3.03. The number of carbonyl (C=O) groups excluding carboxylic acids is 1. The summed E-state index contributed by atoms with van der Waals surface area (Å²) >= 11 is 0. The molecule has 0 aliphatic carbocycles. The van der Waals surface area contributed by atoms with Crippen molar-refractivity contribution in [2.24, 2.45) is 0 Å². The van der Waals surface area contributed by atoms with Crippen LogP contribution in [0.15, 0.2) is 18.2 Å². The first kappa shape index (κ1) is 17.0. The summed E-state index contributed by atoms with van der Waals surface area (Å²) in [5, 5.41) is 3.30. The van der Waals surface area contributed by atoms with Crippen LogP contribution in [0.3, 0.4) is 0 Å². The molecule has 0 spiro atoms. The van der Waals surface area contributed by atoms with Crippen molar-refractivity contribution in [1.29, 1.82) is 0 Å². The van der Waals surface area contributed by atoms with Gasteiger partial charge in [0, 0.05) is 51.7 Å². The Balaban J connectivity index is 1.43. The van der Waals surface area contributed by atoms with Crippen LogP contribution >= 0.6 is 0 Å². The van der Waals surface area contributed by atoms with E-state index in [1.807, 2.05) is 11.0 Å². The molecule has 1 N–H and O–H groups in total. The highest BCUT2D eigenvalue weighted by atomic mass is 16.7. The van der Waals surface area contributed by atoms with E-state index in [2.05, 4.69) is 36.2 Å². The molecule has 24 heavy (non-hydrogen) atoms. The molecule has 3 rings (SSSR count). The summed E-state index contributed by atoms with van der Waals surface area (Å²) in [6.07, 6.45) is 0.584. The number of hydrogen-bond acceptors (Lipinski definition) is 5. The average molecular weight is 333 g/mol. The number of amides is 1. The summed E-state index contributed by atoms with van der Waals surface area (Å²) in [6.45, 7) is 9.59. The van der Waals surface area contributed by atoms with Crippen molar-refractivity contribution in [2.45, 2.75) is 32.9 Å². The Labute approximate surface area is 143 Å². The summed E-state index contributed by atoms with van der Waals surface area (Å²) in [7, 11) is 0. The number of piperazine rings is 1. The Hall–Kier alpha value is -1.79. The Morgan fingerprint density at radius 2 is 1.92 bits per heavy atom. The lowest BCUT2D eigenvalue weighted by Crippen LogP contribution is -2.48.